The Kier molecular flexibility index (Phi) is 8.15. The third kappa shape index (κ3) is 8.98. The molecule has 0 spiro atoms. The Hall–Kier alpha value is -1.02. The Morgan fingerprint density at radius 1 is 1.18 bits per heavy atom. The van der Waals surface area contributed by atoms with Gasteiger partial charge < -0.3 is 10.1 Å². The van der Waals surface area contributed by atoms with Crippen LogP contribution in [0.15, 0.2) is 36.6 Å². The highest BCUT2D eigenvalue weighted by Gasteiger charge is 1.66. The van der Waals surface area contributed by atoms with Crippen molar-refractivity contribution in [1.82, 2.24) is 5.32 Å². The lowest BCUT2D eigenvalue weighted by atomic mass is 10.4. The summed E-state index contributed by atoms with van der Waals surface area (Å²) in [5, 5.41) is 2.89. The zero-order chi connectivity index (χ0) is 8.36. The number of methoxy groups -OCH3 is 1. The van der Waals surface area contributed by atoms with Crippen LogP contribution in [0.25, 0.3) is 0 Å². The molecule has 0 aromatic rings. The summed E-state index contributed by atoms with van der Waals surface area (Å²) in [5.41, 5.74) is 0. The normalized spacial score (nSPS) is 12.2. The van der Waals surface area contributed by atoms with Crippen LogP contribution in [0.2, 0.25) is 0 Å². The van der Waals surface area contributed by atoms with E-state index in [1.165, 1.54) is 0 Å². The van der Waals surface area contributed by atoms with E-state index in [1.54, 1.807) is 7.11 Å². The Morgan fingerprint density at radius 3 is 2.55 bits per heavy atom. The predicted molar refractivity (Wildman–Crippen MR) is 48.4 cm³/mol. The van der Waals surface area contributed by atoms with E-state index in [-0.39, 0.29) is 0 Å². The molecule has 0 aliphatic carbocycles. The molecule has 1 N–H and O–H groups in total. The average Bonchev–Trinajstić information content (AvgIpc) is 2.03. The second kappa shape index (κ2) is 8.98. The van der Waals surface area contributed by atoms with Crippen LogP contribution < -0.4 is 5.32 Å². The maximum absolute atomic E-state index is 4.82. The van der Waals surface area contributed by atoms with Gasteiger partial charge in [-0.1, -0.05) is 24.3 Å². The molecule has 0 amide bonds. The molecular weight excluding hydrogens is 138 g/mol. The van der Waals surface area contributed by atoms with Gasteiger partial charge in [0.25, 0.3) is 0 Å². The van der Waals surface area contributed by atoms with E-state index in [4.69, 9.17) is 4.74 Å². The molecule has 0 atom stereocenters. The van der Waals surface area contributed by atoms with Crippen molar-refractivity contribution >= 4 is 0 Å². The third-order valence-electron chi connectivity index (χ3n) is 0.995. The highest BCUT2D eigenvalue weighted by atomic mass is 16.5. The Morgan fingerprint density at radius 2 is 1.91 bits per heavy atom. The zero-order valence-electron chi connectivity index (χ0n) is 7.08. The van der Waals surface area contributed by atoms with Crippen LogP contribution in [-0.4, -0.2) is 20.8 Å². The van der Waals surface area contributed by atoms with Gasteiger partial charge in [-0.05, 0) is 12.3 Å². The molecule has 0 saturated carbocycles. The van der Waals surface area contributed by atoms with Gasteiger partial charge in [-0.3, -0.25) is 0 Å². The topological polar surface area (TPSA) is 21.3 Å². The Labute approximate surface area is 68.3 Å². The summed E-state index contributed by atoms with van der Waals surface area (Å²) < 4.78 is 4.82. The molecule has 0 saturated heterocycles. The molecule has 2 nitrogen and oxygen atoms in total. The summed E-state index contributed by atoms with van der Waals surface area (Å²) in [6, 6.07) is 0. The average molecular weight is 153 g/mol. The van der Waals surface area contributed by atoms with Crippen molar-refractivity contribution in [2.75, 3.05) is 20.8 Å². The van der Waals surface area contributed by atoms with Crippen LogP contribution >= 0.6 is 0 Å². The monoisotopic (exact) mass is 153 g/mol. The molecule has 0 aliphatic heterocycles. The van der Waals surface area contributed by atoms with Gasteiger partial charge in [0.2, 0.25) is 0 Å². The fourth-order valence-corrected chi connectivity index (χ4v) is 0.510. The maximum Gasteiger partial charge on any atom is 0.0646 e. The predicted octanol–water partition coefficient (Wildman–Crippen LogP) is 1.48. The van der Waals surface area contributed by atoms with Crippen LogP contribution in [0.4, 0.5) is 0 Å². The summed E-state index contributed by atoms with van der Waals surface area (Å²) in [7, 11) is 3.54. The van der Waals surface area contributed by atoms with Crippen LogP contribution in [-0.2, 0) is 4.74 Å². The Balaban J connectivity index is 3.35. The van der Waals surface area contributed by atoms with Crippen molar-refractivity contribution < 1.29 is 4.74 Å². The summed E-state index contributed by atoms with van der Waals surface area (Å²) in [4.78, 5) is 0. The molecule has 0 aromatic heterocycles. The lowest BCUT2D eigenvalue weighted by Crippen LogP contribution is -1.89. The maximum atomic E-state index is 4.82. The third-order valence-corrected chi connectivity index (χ3v) is 0.995. The van der Waals surface area contributed by atoms with Crippen molar-refractivity contribution in [3.05, 3.63) is 36.6 Å². The minimum absolute atomic E-state index is 0.667. The first-order valence-electron chi connectivity index (χ1n) is 3.56. The number of ether oxygens (including phenoxy) is 1. The standard InChI is InChI=1S/C9H15NO/c1-10-8-6-4-3-5-7-9-11-2/h3-8,10H,9H2,1-2H3/b4-3-,7-5+,8-6-. The fraction of sp³-hybridized carbons (Fsp3) is 0.333. The van der Waals surface area contributed by atoms with Gasteiger partial charge in [0.15, 0.2) is 0 Å². The quantitative estimate of drug-likeness (QED) is 0.604. The SMILES string of the molecule is CN\C=C/C=C\C=C\COC. The van der Waals surface area contributed by atoms with Crippen molar-refractivity contribution in [2.24, 2.45) is 0 Å². The van der Waals surface area contributed by atoms with Gasteiger partial charge in [0.05, 0.1) is 6.61 Å². The molecule has 0 heterocycles. The molecule has 0 aromatic carbocycles. The molecule has 62 valence electrons. The van der Waals surface area contributed by atoms with Gasteiger partial charge in [-0.15, -0.1) is 0 Å². The van der Waals surface area contributed by atoms with Gasteiger partial charge >= 0.3 is 0 Å². The molecule has 0 unspecified atom stereocenters. The van der Waals surface area contributed by atoms with E-state index < -0.39 is 0 Å². The lowest BCUT2D eigenvalue weighted by Gasteiger charge is -1.83. The highest BCUT2D eigenvalue weighted by Crippen LogP contribution is 1.79. The molecular formula is C9H15NO. The van der Waals surface area contributed by atoms with E-state index in [9.17, 15) is 0 Å². The van der Waals surface area contributed by atoms with Gasteiger partial charge in [0, 0.05) is 14.2 Å². The number of hydrogen-bond donors (Lipinski definition) is 1. The number of nitrogens with one attached hydrogen (secondary N) is 1. The molecule has 11 heavy (non-hydrogen) atoms. The smallest absolute Gasteiger partial charge is 0.0646 e. The molecule has 0 fully saturated rings. The van der Waals surface area contributed by atoms with E-state index in [1.807, 2.05) is 43.6 Å². The summed E-state index contributed by atoms with van der Waals surface area (Å²) >= 11 is 0. The van der Waals surface area contributed by atoms with E-state index in [2.05, 4.69) is 5.32 Å². The number of hydrogen-bond acceptors (Lipinski definition) is 2. The summed E-state index contributed by atoms with van der Waals surface area (Å²) in [6.45, 7) is 0.667. The van der Waals surface area contributed by atoms with Crippen molar-refractivity contribution in [1.29, 1.82) is 0 Å². The molecule has 0 radical (unpaired) electrons. The van der Waals surface area contributed by atoms with Crippen molar-refractivity contribution in [2.45, 2.75) is 0 Å². The number of allylic oxidation sites excluding steroid dienone is 4. The lowest BCUT2D eigenvalue weighted by molar-refractivity contribution is 0.234. The molecule has 0 aliphatic rings. The van der Waals surface area contributed by atoms with Gasteiger partial charge in [0.1, 0.15) is 0 Å². The first-order valence-corrected chi connectivity index (χ1v) is 3.56. The minimum atomic E-state index is 0.667. The van der Waals surface area contributed by atoms with Crippen LogP contribution in [0.5, 0.6) is 0 Å². The Bertz CT molecular complexity index is 148. The van der Waals surface area contributed by atoms with E-state index in [0.29, 0.717) is 6.61 Å². The van der Waals surface area contributed by atoms with Crippen molar-refractivity contribution in [3.8, 4) is 0 Å². The summed E-state index contributed by atoms with van der Waals surface area (Å²) in [6.07, 6.45) is 11.6. The molecule has 0 bridgehead atoms. The second-order valence-electron chi connectivity index (χ2n) is 1.92. The van der Waals surface area contributed by atoms with Crippen LogP contribution in [0.1, 0.15) is 0 Å². The van der Waals surface area contributed by atoms with Crippen LogP contribution in [0.3, 0.4) is 0 Å². The summed E-state index contributed by atoms with van der Waals surface area (Å²) in [5.74, 6) is 0. The van der Waals surface area contributed by atoms with Crippen molar-refractivity contribution in [3.63, 3.8) is 0 Å². The zero-order valence-corrected chi connectivity index (χ0v) is 7.08. The minimum Gasteiger partial charge on any atom is -0.394 e. The van der Waals surface area contributed by atoms with Gasteiger partial charge in [-0.25, -0.2) is 0 Å². The van der Waals surface area contributed by atoms with E-state index in [0.717, 1.165) is 0 Å². The molecule has 2 heteroatoms. The first-order chi connectivity index (χ1) is 5.41. The fourth-order valence-electron chi connectivity index (χ4n) is 0.510. The largest absolute Gasteiger partial charge is 0.394 e. The number of rotatable bonds is 5. The molecule has 0 rings (SSSR count). The van der Waals surface area contributed by atoms with Crippen LogP contribution in [0, 0.1) is 0 Å². The second-order valence-corrected chi connectivity index (χ2v) is 1.92. The highest BCUT2D eigenvalue weighted by molar-refractivity contribution is 5.10. The van der Waals surface area contributed by atoms with Gasteiger partial charge in [-0.2, -0.15) is 0 Å². The first kappa shape index (κ1) is 9.98. The van der Waals surface area contributed by atoms with E-state index >= 15 is 0 Å².